The second kappa shape index (κ2) is 6.58. The molecular formula is C13H14N4O3. The monoisotopic (exact) mass is 274 g/mol. The van der Waals surface area contributed by atoms with Crippen LogP contribution in [0.25, 0.3) is 0 Å². The predicted octanol–water partition coefficient (Wildman–Crippen LogP) is -0.296. The summed E-state index contributed by atoms with van der Waals surface area (Å²) in [5, 5.41) is 13.3. The smallest absolute Gasteiger partial charge is 0.326 e. The molecule has 0 spiro atoms. The molecular weight excluding hydrogens is 260 g/mol. The van der Waals surface area contributed by atoms with Crippen molar-refractivity contribution in [2.24, 2.45) is 9.98 Å². The first kappa shape index (κ1) is 13.9. The van der Waals surface area contributed by atoms with Crippen molar-refractivity contribution in [3.63, 3.8) is 0 Å². The van der Waals surface area contributed by atoms with Crippen molar-refractivity contribution in [1.29, 1.82) is 0 Å². The number of rotatable bonds is 4. The molecule has 1 aliphatic rings. The van der Waals surface area contributed by atoms with Gasteiger partial charge in [-0.2, -0.15) is 0 Å². The number of hydrogen-bond donors (Lipinski definition) is 3. The van der Waals surface area contributed by atoms with Gasteiger partial charge in [0.2, 0.25) is 0 Å². The largest absolute Gasteiger partial charge is 0.394 e. The molecule has 0 saturated carbocycles. The van der Waals surface area contributed by atoms with E-state index in [0.717, 1.165) is 5.56 Å². The summed E-state index contributed by atoms with van der Waals surface area (Å²) < 4.78 is 0. The Bertz CT molecular complexity index is 554. The van der Waals surface area contributed by atoms with E-state index in [1.54, 1.807) is 0 Å². The highest BCUT2D eigenvalue weighted by atomic mass is 16.3. The second-order valence-corrected chi connectivity index (χ2v) is 4.03. The Hall–Kier alpha value is -2.54. The summed E-state index contributed by atoms with van der Waals surface area (Å²) in [5.74, 6) is -0.405. The van der Waals surface area contributed by atoms with Crippen LogP contribution in [0.1, 0.15) is 5.56 Å². The lowest BCUT2D eigenvalue weighted by Gasteiger charge is -2.21. The summed E-state index contributed by atoms with van der Waals surface area (Å²) in [5.41, 5.74) is 0.832. The van der Waals surface area contributed by atoms with Crippen molar-refractivity contribution in [3.8, 4) is 0 Å². The van der Waals surface area contributed by atoms with Gasteiger partial charge in [0, 0.05) is 6.21 Å². The van der Waals surface area contributed by atoms with Gasteiger partial charge in [0.25, 0.3) is 5.91 Å². The lowest BCUT2D eigenvalue weighted by Crippen LogP contribution is -2.58. The van der Waals surface area contributed by atoms with Crippen molar-refractivity contribution in [3.05, 3.63) is 35.9 Å². The maximum absolute atomic E-state index is 11.8. The maximum atomic E-state index is 11.8. The Morgan fingerprint density at radius 3 is 2.65 bits per heavy atom. The average Bonchev–Trinajstić information content (AvgIpc) is 2.45. The molecule has 1 saturated heterocycles. The fourth-order valence-electron chi connectivity index (χ4n) is 1.65. The van der Waals surface area contributed by atoms with Gasteiger partial charge in [-0.1, -0.05) is 30.3 Å². The third kappa shape index (κ3) is 3.48. The Balaban J connectivity index is 2.19. The minimum atomic E-state index is -0.917. The molecule has 7 heteroatoms. The first-order valence-electron chi connectivity index (χ1n) is 6.06. The first-order chi connectivity index (χ1) is 9.70. The number of amides is 3. The minimum absolute atomic E-state index is 0.0975. The van der Waals surface area contributed by atoms with E-state index in [1.807, 2.05) is 30.3 Å². The minimum Gasteiger partial charge on any atom is -0.394 e. The summed E-state index contributed by atoms with van der Waals surface area (Å²) in [6, 6.07) is 7.70. The molecule has 7 nitrogen and oxygen atoms in total. The fraction of sp³-hybridized carbons (Fsp3) is 0.231. The number of imide groups is 1. The zero-order chi connectivity index (χ0) is 14.4. The highest BCUT2D eigenvalue weighted by molar-refractivity contribution is 6.21. The molecule has 0 bridgehead atoms. The summed E-state index contributed by atoms with van der Waals surface area (Å²) in [6.07, 6.45) is 1.54. The highest BCUT2D eigenvalue weighted by Gasteiger charge is 2.31. The highest BCUT2D eigenvalue weighted by Crippen LogP contribution is 2.02. The van der Waals surface area contributed by atoms with Crippen LogP contribution in [0.5, 0.6) is 0 Å². The Morgan fingerprint density at radius 2 is 1.95 bits per heavy atom. The van der Waals surface area contributed by atoms with E-state index >= 15 is 0 Å². The van der Waals surface area contributed by atoms with Gasteiger partial charge in [0.1, 0.15) is 5.84 Å². The molecule has 0 radical (unpaired) electrons. The summed E-state index contributed by atoms with van der Waals surface area (Å²) in [4.78, 5) is 31.1. The van der Waals surface area contributed by atoms with Crippen LogP contribution in [0.15, 0.2) is 40.3 Å². The summed E-state index contributed by atoms with van der Waals surface area (Å²) in [7, 11) is 0. The third-order valence-corrected chi connectivity index (χ3v) is 2.54. The first-order valence-corrected chi connectivity index (χ1v) is 6.06. The number of aliphatic imine (C=N–C) groups is 2. The quantitative estimate of drug-likeness (QED) is 0.657. The molecule has 3 amide bonds. The van der Waals surface area contributed by atoms with Gasteiger partial charge >= 0.3 is 6.03 Å². The number of amidine groups is 1. The van der Waals surface area contributed by atoms with E-state index in [4.69, 9.17) is 5.11 Å². The van der Waals surface area contributed by atoms with E-state index in [9.17, 15) is 9.59 Å². The number of aliphatic hydroxyl groups excluding tert-OH is 1. The van der Waals surface area contributed by atoms with Crippen LogP contribution in [0.2, 0.25) is 0 Å². The Labute approximate surface area is 115 Å². The molecule has 104 valence electrons. The molecule has 1 heterocycles. The molecule has 1 atom stereocenters. The van der Waals surface area contributed by atoms with Crippen molar-refractivity contribution in [2.75, 3.05) is 13.2 Å². The van der Waals surface area contributed by atoms with Crippen LogP contribution in [0, 0.1) is 0 Å². The lowest BCUT2D eigenvalue weighted by atomic mass is 10.2. The van der Waals surface area contributed by atoms with E-state index in [0.29, 0.717) is 0 Å². The number of urea groups is 1. The van der Waals surface area contributed by atoms with Gasteiger partial charge in [-0.3, -0.25) is 25.4 Å². The zero-order valence-corrected chi connectivity index (χ0v) is 10.6. The third-order valence-electron chi connectivity index (χ3n) is 2.54. The topological polar surface area (TPSA) is 103 Å². The molecule has 2 rings (SSSR count). The SMILES string of the molecule is O=C1NC(=O)C(N=Cc2ccccc2)C(=NCCO)N1. The molecule has 1 aromatic rings. The van der Waals surface area contributed by atoms with Crippen molar-refractivity contribution in [1.82, 2.24) is 10.6 Å². The number of nitrogens with one attached hydrogen (secondary N) is 2. The molecule has 0 aromatic heterocycles. The van der Waals surface area contributed by atoms with Crippen LogP contribution >= 0.6 is 0 Å². The van der Waals surface area contributed by atoms with Crippen LogP contribution in [-0.4, -0.2) is 48.3 Å². The number of carbonyl (C=O) groups is 2. The molecule has 3 N–H and O–H groups in total. The van der Waals surface area contributed by atoms with Crippen LogP contribution in [0.3, 0.4) is 0 Å². The van der Waals surface area contributed by atoms with Gasteiger partial charge in [0.15, 0.2) is 6.04 Å². The van der Waals surface area contributed by atoms with Gasteiger partial charge in [0.05, 0.1) is 13.2 Å². The van der Waals surface area contributed by atoms with Crippen LogP contribution in [-0.2, 0) is 4.79 Å². The van der Waals surface area contributed by atoms with E-state index in [2.05, 4.69) is 20.6 Å². The van der Waals surface area contributed by atoms with Crippen molar-refractivity contribution < 1.29 is 14.7 Å². The predicted molar refractivity (Wildman–Crippen MR) is 73.9 cm³/mol. The summed E-state index contributed by atoms with van der Waals surface area (Å²) >= 11 is 0. The number of hydrogen-bond acceptors (Lipinski definition) is 5. The standard InChI is InChI=1S/C13H14N4O3/c18-7-6-14-11-10(12(19)17-13(20)16-11)15-8-9-4-2-1-3-5-9/h1-5,8,10,18H,6-7H2,(H2,14,16,17,19,20). The van der Waals surface area contributed by atoms with Gasteiger partial charge in [-0.25, -0.2) is 4.79 Å². The van der Waals surface area contributed by atoms with Gasteiger partial charge in [-0.05, 0) is 5.56 Å². The molecule has 1 unspecified atom stereocenters. The fourth-order valence-corrected chi connectivity index (χ4v) is 1.65. The zero-order valence-electron chi connectivity index (χ0n) is 10.6. The maximum Gasteiger partial charge on any atom is 0.326 e. The van der Waals surface area contributed by atoms with E-state index in [-0.39, 0.29) is 19.0 Å². The van der Waals surface area contributed by atoms with Gasteiger partial charge < -0.3 is 5.11 Å². The average molecular weight is 274 g/mol. The number of nitrogens with zero attached hydrogens (tertiary/aromatic N) is 2. The van der Waals surface area contributed by atoms with Gasteiger partial charge in [-0.15, -0.1) is 0 Å². The molecule has 1 aromatic carbocycles. The number of benzene rings is 1. The van der Waals surface area contributed by atoms with E-state index < -0.39 is 18.0 Å². The Morgan fingerprint density at radius 1 is 1.20 bits per heavy atom. The van der Waals surface area contributed by atoms with Crippen molar-refractivity contribution >= 4 is 24.0 Å². The summed E-state index contributed by atoms with van der Waals surface area (Å²) in [6.45, 7) is -0.0731. The van der Waals surface area contributed by atoms with Crippen molar-refractivity contribution in [2.45, 2.75) is 6.04 Å². The number of carbonyl (C=O) groups excluding carboxylic acids is 2. The Kier molecular flexibility index (Phi) is 4.56. The van der Waals surface area contributed by atoms with E-state index in [1.165, 1.54) is 6.21 Å². The normalized spacial score (nSPS) is 21.1. The van der Waals surface area contributed by atoms with Crippen LogP contribution < -0.4 is 10.6 Å². The molecule has 0 aliphatic carbocycles. The molecule has 1 aliphatic heterocycles. The van der Waals surface area contributed by atoms with Crippen LogP contribution in [0.4, 0.5) is 4.79 Å². The molecule has 20 heavy (non-hydrogen) atoms. The number of aliphatic hydroxyl groups is 1. The molecule has 1 fully saturated rings. The lowest BCUT2D eigenvalue weighted by molar-refractivity contribution is -0.120. The second-order valence-electron chi connectivity index (χ2n) is 4.03.